The van der Waals surface area contributed by atoms with Crippen molar-refractivity contribution in [3.63, 3.8) is 0 Å². The van der Waals surface area contributed by atoms with Crippen LogP contribution in [0.5, 0.6) is 0 Å². The molecule has 0 bridgehead atoms. The standard InChI is InChI=1S/C17H18F3N3O2/c1-2-3-10-23-15(24)9-8-14(22-23)16(25)21-11-12-4-6-13(7-5-12)17(18,19)20/h4-9H,2-3,10-11H2,1H3,(H,21,25). The lowest BCUT2D eigenvalue weighted by Gasteiger charge is -2.09. The fraction of sp³-hybridized carbons (Fsp3) is 0.353. The van der Waals surface area contributed by atoms with Crippen LogP contribution in [-0.4, -0.2) is 15.7 Å². The van der Waals surface area contributed by atoms with Crippen molar-refractivity contribution in [1.82, 2.24) is 15.1 Å². The number of carbonyl (C=O) groups is 1. The molecule has 0 atom stereocenters. The van der Waals surface area contributed by atoms with E-state index < -0.39 is 17.6 Å². The normalized spacial score (nSPS) is 11.4. The molecular formula is C17H18F3N3O2. The van der Waals surface area contributed by atoms with Crippen LogP contribution in [0.25, 0.3) is 0 Å². The Kier molecular flexibility index (Phi) is 5.95. The second-order valence-electron chi connectivity index (χ2n) is 5.51. The van der Waals surface area contributed by atoms with Crippen LogP contribution in [-0.2, 0) is 19.3 Å². The number of halogens is 3. The summed E-state index contributed by atoms with van der Waals surface area (Å²) < 4.78 is 38.8. The zero-order valence-corrected chi connectivity index (χ0v) is 13.6. The number of nitrogens with one attached hydrogen (secondary N) is 1. The summed E-state index contributed by atoms with van der Waals surface area (Å²) in [5.74, 6) is -0.495. The second kappa shape index (κ2) is 7.96. The van der Waals surface area contributed by atoms with Crippen LogP contribution in [0.4, 0.5) is 13.2 Å². The van der Waals surface area contributed by atoms with Gasteiger partial charge in [0.1, 0.15) is 5.69 Å². The lowest BCUT2D eigenvalue weighted by molar-refractivity contribution is -0.137. The molecule has 1 amide bonds. The molecule has 1 aromatic heterocycles. The molecule has 1 N–H and O–H groups in total. The topological polar surface area (TPSA) is 64.0 Å². The third-order valence-corrected chi connectivity index (χ3v) is 3.56. The Bertz CT molecular complexity index is 783. The molecule has 0 aliphatic carbocycles. The minimum atomic E-state index is -4.39. The molecule has 2 aromatic rings. The van der Waals surface area contributed by atoms with Gasteiger partial charge in [-0.15, -0.1) is 0 Å². The number of carbonyl (C=O) groups excluding carboxylic acids is 1. The van der Waals surface area contributed by atoms with Gasteiger partial charge in [0.15, 0.2) is 0 Å². The number of hydrogen-bond donors (Lipinski definition) is 1. The quantitative estimate of drug-likeness (QED) is 0.868. The Morgan fingerprint density at radius 2 is 1.84 bits per heavy atom. The molecule has 0 saturated heterocycles. The number of nitrogens with zero attached hydrogens (tertiary/aromatic N) is 2. The number of aryl methyl sites for hydroxylation is 1. The van der Waals surface area contributed by atoms with Crippen LogP contribution in [0.3, 0.4) is 0 Å². The lowest BCUT2D eigenvalue weighted by atomic mass is 10.1. The van der Waals surface area contributed by atoms with Crippen molar-refractivity contribution in [1.29, 1.82) is 0 Å². The average Bonchev–Trinajstić information content (AvgIpc) is 2.58. The molecule has 5 nitrogen and oxygen atoms in total. The van der Waals surface area contributed by atoms with Gasteiger partial charge in [-0.1, -0.05) is 25.5 Å². The van der Waals surface area contributed by atoms with E-state index in [9.17, 15) is 22.8 Å². The maximum Gasteiger partial charge on any atom is 0.416 e. The molecule has 0 spiro atoms. The minimum absolute atomic E-state index is 0.0622. The molecule has 1 heterocycles. The third kappa shape index (κ3) is 5.17. The van der Waals surface area contributed by atoms with Crippen LogP contribution < -0.4 is 10.9 Å². The zero-order valence-electron chi connectivity index (χ0n) is 13.6. The van der Waals surface area contributed by atoms with Crippen LogP contribution in [0.1, 0.15) is 41.4 Å². The Labute approximate surface area is 142 Å². The first-order chi connectivity index (χ1) is 11.8. The molecule has 0 fully saturated rings. The van der Waals surface area contributed by atoms with Crippen molar-refractivity contribution in [3.05, 3.63) is 63.6 Å². The van der Waals surface area contributed by atoms with Gasteiger partial charge in [-0.2, -0.15) is 18.3 Å². The van der Waals surface area contributed by atoms with Gasteiger partial charge in [-0.05, 0) is 30.2 Å². The van der Waals surface area contributed by atoms with Crippen molar-refractivity contribution in [3.8, 4) is 0 Å². The number of alkyl halides is 3. The van der Waals surface area contributed by atoms with Crippen molar-refractivity contribution in [2.45, 2.75) is 39.0 Å². The van der Waals surface area contributed by atoms with Crippen LogP contribution in [0, 0.1) is 0 Å². The van der Waals surface area contributed by atoms with Gasteiger partial charge in [-0.25, -0.2) is 4.68 Å². The Balaban J connectivity index is 2.01. The van der Waals surface area contributed by atoms with Gasteiger partial charge < -0.3 is 5.32 Å². The molecular weight excluding hydrogens is 335 g/mol. The van der Waals surface area contributed by atoms with E-state index >= 15 is 0 Å². The third-order valence-electron chi connectivity index (χ3n) is 3.56. The van der Waals surface area contributed by atoms with Crippen LogP contribution >= 0.6 is 0 Å². The summed E-state index contributed by atoms with van der Waals surface area (Å²) in [4.78, 5) is 23.8. The molecule has 0 aliphatic heterocycles. The molecule has 1 aromatic carbocycles. The highest BCUT2D eigenvalue weighted by Crippen LogP contribution is 2.29. The predicted molar refractivity (Wildman–Crippen MR) is 86.0 cm³/mol. The molecule has 134 valence electrons. The summed E-state index contributed by atoms with van der Waals surface area (Å²) in [6.45, 7) is 2.47. The van der Waals surface area contributed by atoms with E-state index in [1.54, 1.807) is 0 Å². The van der Waals surface area contributed by atoms with Gasteiger partial charge in [-0.3, -0.25) is 9.59 Å². The number of unbranched alkanes of at least 4 members (excludes halogenated alkanes) is 1. The van der Waals surface area contributed by atoms with Crippen molar-refractivity contribution in [2.75, 3.05) is 0 Å². The molecule has 2 rings (SSSR count). The Hall–Kier alpha value is -2.64. The number of rotatable bonds is 6. The summed E-state index contributed by atoms with van der Waals surface area (Å²) in [5.41, 5.74) is -0.414. The van der Waals surface area contributed by atoms with Crippen molar-refractivity contribution < 1.29 is 18.0 Å². The highest BCUT2D eigenvalue weighted by atomic mass is 19.4. The van der Waals surface area contributed by atoms with Gasteiger partial charge in [0.2, 0.25) is 0 Å². The van der Waals surface area contributed by atoms with E-state index in [0.717, 1.165) is 25.0 Å². The van der Waals surface area contributed by atoms with Crippen LogP contribution in [0.15, 0.2) is 41.2 Å². The Morgan fingerprint density at radius 1 is 1.16 bits per heavy atom. The number of hydrogen-bond acceptors (Lipinski definition) is 3. The second-order valence-corrected chi connectivity index (χ2v) is 5.51. The first-order valence-electron chi connectivity index (χ1n) is 7.83. The summed E-state index contributed by atoms with van der Waals surface area (Å²) >= 11 is 0. The summed E-state index contributed by atoms with van der Waals surface area (Å²) in [6.07, 6.45) is -2.74. The predicted octanol–water partition coefficient (Wildman–Crippen LogP) is 2.99. The van der Waals surface area contributed by atoms with Gasteiger partial charge in [0.25, 0.3) is 11.5 Å². The monoisotopic (exact) mass is 353 g/mol. The SMILES string of the molecule is CCCCn1nc(C(=O)NCc2ccc(C(F)(F)F)cc2)ccc1=O. The zero-order chi connectivity index (χ0) is 18.4. The van der Waals surface area contributed by atoms with Gasteiger partial charge in [0, 0.05) is 19.2 Å². The molecule has 8 heteroatoms. The fourth-order valence-corrected chi connectivity index (χ4v) is 2.12. The number of aromatic nitrogens is 2. The van der Waals surface area contributed by atoms with Crippen molar-refractivity contribution in [2.24, 2.45) is 0 Å². The Morgan fingerprint density at radius 3 is 2.44 bits per heavy atom. The lowest BCUT2D eigenvalue weighted by Crippen LogP contribution is -2.29. The highest BCUT2D eigenvalue weighted by molar-refractivity contribution is 5.91. The summed E-state index contributed by atoms with van der Waals surface area (Å²) in [6, 6.07) is 7.13. The molecule has 0 unspecified atom stereocenters. The number of amides is 1. The van der Waals surface area contributed by atoms with Crippen LogP contribution in [0.2, 0.25) is 0 Å². The van der Waals surface area contributed by atoms with E-state index in [0.29, 0.717) is 12.1 Å². The molecule has 25 heavy (non-hydrogen) atoms. The highest BCUT2D eigenvalue weighted by Gasteiger charge is 2.29. The molecule has 0 aliphatic rings. The van der Waals surface area contributed by atoms with E-state index in [2.05, 4.69) is 10.4 Å². The van der Waals surface area contributed by atoms with E-state index in [-0.39, 0.29) is 17.8 Å². The smallest absolute Gasteiger partial charge is 0.347 e. The average molecular weight is 353 g/mol. The molecule has 0 radical (unpaired) electrons. The number of benzene rings is 1. The van der Waals surface area contributed by atoms with E-state index in [1.165, 1.54) is 28.9 Å². The van der Waals surface area contributed by atoms with Crippen molar-refractivity contribution >= 4 is 5.91 Å². The maximum absolute atomic E-state index is 12.5. The first kappa shape index (κ1) is 18.7. The minimum Gasteiger partial charge on any atom is -0.347 e. The van der Waals surface area contributed by atoms with E-state index in [4.69, 9.17) is 0 Å². The van der Waals surface area contributed by atoms with Gasteiger partial charge in [0.05, 0.1) is 5.56 Å². The molecule has 0 saturated carbocycles. The first-order valence-corrected chi connectivity index (χ1v) is 7.83. The van der Waals surface area contributed by atoms with Gasteiger partial charge >= 0.3 is 6.18 Å². The largest absolute Gasteiger partial charge is 0.416 e. The summed E-state index contributed by atoms with van der Waals surface area (Å²) in [7, 11) is 0. The van der Waals surface area contributed by atoms with E-state index in [1.807, 2.05) is 6.92 Å². The maximum atomic E-state index is 12.5. The summed E-state index contributed by atoms with van der Waals surface area (Å²) in [5, 5.41) is 6.59. The fourth-order valence-electron chi connectivity index (χ4n) is 2.12.